The maximum absolute atomic E-state index is 11.3. The van der Waals surface area contributed by atoms with Crippen molar-refractivity contribution in [3.63, 3.8) is 0 Å². The predicted octanol–water partition coefficient (Wildman–Crippen LogP) is 2.35. The molecule has 1 rings (SSSR count). The van der Waals surface area contributed by atoms with E-state index >= 15 is 0 Å². The first-order valence-electron chi connectivity index (χ1n) is 3.71. The van der Waals surface area contributed by atoms with E-state index in [2.05, 4.69) is 4.36 Å². The molecule has 0 fully saturated rings. The number of benzene rings is 1. The highest BCUT2D eigenvalue weighted by Gasteiger charge is 1.92. The number of nitrogens with zero attached hydrogens (tertiary/aromatic N) is 1. The first kappa shape index (κ1) is 9.26. The van der Waals surface area contributed by atoms with Crippen LogP contribution in [0.5, 0.6) is 0 Å². The molecule has 12 heavy (non-hydrogen) atoms. The van der Waals surface area contributed by atoms with Gasteiger partial charge in [0.1, 0.15) is 0 Å². The van der Waals surface area contributed by atoms with E-state index in [1.54, 1.807) is 12.5 Å². The van der Waals surface area contributed by atoms with Crippen LogP contribution < -0.4 is 0 Å². The van der Waals surface area contributed by atoms with Gasteiger partial charge in [-0.05, 0) is 19.1 Å². The van der Waals surface area contributed by atoms with Crippen molar-refractivity contribution < 1.29 is 4.21 Å². The van der Waals surface area contributed by atoms with Crippen LogP contribution in [0.3, 0.4) is 0 Å². The number of aryl methyl sites for hydroxylation is 1. The zero-order chi connectivity index (χ0) is 9.19. The fourth-order valence-corrected chi connectivity index (χ4v) is 1.49. The summed E-state index contributed by atoms with van der Waals surface area (Å²) in [5.74, 6) is 0. The van der Waals surface area contributed by atoms with Crippen molar-refractivity contribution in [3.05, 3.63) is 29.8 Å². The first-order valence-corrected chi connectivity index (χ1v) is 6.04. The Labute approximate surface area is 73.8 Å². The number of rotatable bonds is 1. The topological polar surface area (TPSA) is 29.4 Å². The van der Waals surface area contributed by atoms with Crippen LogP contribution in [0.2, 0.25) is 0 Å². The summed E-state index contributed by atoms with van der Waals surface area (Å²) in [4.78, 5) is 0. The molecular formula is C9H13NOS. The van der Waals surface area contributed by atoms with Crippen LogP contribution in [0.4, 0.5) is 5.69 Å². The van der Waals surface area contributed by atoms with Crippen LogP contribution in [0.1, 0.15) is 5.56 Å². The minimum Gasteiger partial charge on any atom is -0.250 e. The summed E-state index contributed by atoms with van der Waals surface area (Å²) in [7, 11) is -2.02. The van der Waals surface area contributed by atoms with E-state index in [0.717, 1.165) is 5.69 Å². The van der Waals surface area contributed by atoms with E-state index in [9.17, 15) is 4.21 Å². The summed E-state index contributed by atoms with van der Waals surface area (Å²) in [6.07, 6.45) is 3.26. The second-order valence-electron chi connectivity index (χ2n) is 3.11. The third-order valence-corrected chi connectivity index (χ3v) is 2.01. The van der Waals surface area contributed by atoms with E-state index in [1.165, 1.54) is 5.56 Å². The lowest BCUT2D eigenvalue weighted by atomic mass is 10.2. The van der Waals surface area contributed by atoms with Crippen LogP contribution in [-0.2, 0) is 9.73 Å². The Morgan fingerprint density at radius 2 is 1.67 bits per heavy atom. The predicted molar refractivity (Wildman–Crippen MR) is 53.3 cm³/mol. The van der Waals surface area contributed by atoms with Gasteiger partial charge in [0.05, 0.1) is 5.69 Å². The van der Waals surface area contributed by atoms with Gasteiger partial charge in [0, 0.05) is 22.2 Å². The minimum absolute atomic E-state index is 0.788. The second-order valence-corrected chi connectivity index (χ2v) is 5.65. The zero-order valence-electron chi connectivity index (χ0n) is 7.57. The summed E-state index contributed by atoms with van der Waals surface area (Å²) < 4.78 is 15.3. The molecule has 0 bridgehead atoms. The Kier molecular flexibility index (Phi) is 2.52. The van der Waals surface area contributed by atoms with Gasteiger partial charge in [-0.1, -0.05) is 17.7 Å². The maximum atomic E-state index is 11.3. The highest BCUT2D eigenvalue weighted by molar-refractivity contribution is 7.92. The fourth-order valence-electron chi connectivity index (χ4n) is 0.859. The average Bonchev–Trinajstić information content (AvgIpc) is 1.91. The molecule has 0 aromatic heterocycles. The lowest BCUT2D eigenvalue weighted by molar-refractivity contribution is 0.684. The van der Waals surface area contributed by atoms with E-state index in [1.807, 2.05) is 31.2 Å². The highest BCUT2D eigenvalue weighted by atomic mass is 32.2. The van der Waals surface area contributed by atoms with Gasteiger partial charge >= 0.3 is 0 Å². The van der Waals surface area contributed by atoms with Gasteiger partial charge in [-0.2, -0.15) is 4.36 Å². The molecule has 2 nitrogen and oxygen atoms in total. The van der Waals surface area contributed by atoms with Crippen molar-refractivity contribution >= 4 is 15.4 Å². The van der Waals surface area contributed by atoms with Crippen LogP contribution in [0.15, 0.2) is 28.6 Å². The monoisotopic (exact) mass is 183 g/mol. The summed E-state index contributed by atoms with van der Waals surface area (Å²) in [6, 6.07) is 7.68. The van der Waals surface area contributed by atoms with Crippen LogP contribution in [0.25, 0.3) is 0 Å². The van der Waals surface area contributed by atoms with Crippen LogP contribution >= 0.6 is 0 Å². The maximum Gasteiger partial charge on any atom is 0.0730 e. The molecule has 0 aliphatic rings. The Bertz CT molecular complexity index is 364. The average molecular weight is 183 g/mol. The third-order valence-electron chi connectivity index (χ3n) is 1.36. The van der Waals surface area contributed by atoms with Crippen molar-refractivity contribution in [2.45, 2.75) is 6.92 Å². The smallest absolute Gasteiger partial charge is 0.0730 e. The normalized spacial score (nSPS) is 11.2. The minimum atomic E-state index is -2.02. The van der Waals surface area contributed by atoms with Crippen LogP contribution in [0, 0.1) is 6.92 Å². The van der Waals surface area contributed by atoms with Gasteiger partial charge in [0.25, 0.3) is 0 Å². The van der Waals surface area contributed by atoms with Crippen molar-refractivity contribution in [1.29, 1.82) is 0 Å². The van der Waals surface area contributed by atoms with Gasteiger partial charge in [-0.3, -0.25) is 0 Å². The molecule has 0 saturated carbocycles. The van der Waals surface area contributed by atoms with Gasteiger partial charge in [-0.25, -0.2) is 4.21 Å². The van der Waals surface area contributed by atoms with Gasteiger partial charge in [0.15, 0.2) is 0 Å². The molecule has 0 radical (unpaired) electrons. The molecule has 0 spiro atoms. The summed E-state index contributed by atoms with van der Waals surface area (Å²) >= 11 is 0. The molecule has 0 saturated heterocycles. The lowest BCUT2D eigenvalue weighted by Gasteiger charge is -1.96. The van der Waals surface area contributed by atoms with Gasteiger partial charge in [-0.15, -0.1) is 0 Å². The molecule has 0 N–H and O–H groups in total. The molecule has 0 aliphatic heterocycles. The lowest BCUT2D eigenvalue weighted by Crippen LogP contribution is -1.88. The Balaban J connectivity index is 3.08. The van der Waals surface area contributed by atoms with E-state index in [4.69, 9.17) is 0 Å². The van der Waals surface area contributed by atoms with Crippen LogP contribution in [-0.4, -0.2) is 16.7 Å². The molecule has 0 unspecified atom stereocenters. The Hall–Kier alpha value is -0.830. The van der Waals surface area contributed by atoms with Crippen molar-refractivity contribution in [3.8, 4) is 0 Å². The van der Waals surface area contributed by atoms with Crippen molar-refractivity contribution in [2.75, 3.05) is 12.5 Å². The molecule has 0 atom stereocenters. The summed E-state index contributed by atoms with van der Waals surface area (Å²) in [6.45, 7) is 2.01. The van der Waals surface area contributed by atoms with Gasteiger partial charge in [0.2, 0.25) is 0 Å². The van der Waals surface area contributed by atoms with Gasteiger partial charge < -0.3 is 0 Å². The third kappa shape index (κ3) is 3.05. The molecule has 0 aliphatic carbocycles. The molecular weight excluding hydrogens is 170 g/mol. The zero-order valence-corrected chi connectivity index (χ0v) is 8.39. The standard InChI is InChI=1S/C9H13NOS/c1-8-4-6-9(7-5-8)10-12(2,3)11/h4-7H,1-3H3. The number of hydrogen-bond acceptors (Lipinski definition) is 2. The van der Waals surface area contributed by atoms with E-state index < -0.39 is 9.73 Å². The molecule has 1 aromatic carbocycles. The largest absolute Gasteiger partial charge is 0.250 e. The molecule has 66 valence electrons. The quantitative estimate of drug-likeness (QED) is 0.657. The fraction of sp³-hybridized carbons (Fsp3) is 0.333. The van der Waals surface area contributed by atoms with E-state index in [0.29, 0.717) is 0 Å². The van der Waals surface area contributed by atoms with Crippen molar-refractivity contribution in [1.82, 2.24) is 0 Å². The molecule has 1 aromatic rings. The molecule has 0 heterocycles. The molecule has 3 heteroatoms. The number of hydrogen-bond donors (Lipinski definition) is 0. The van der Waals surface area contributed by atoms with Crippen molar-refractivity contribution in [2.24, 2.45) is 4.36 Å². The Morgan fingerprint density at radius 3 is 2.08 bits per heavy atom. The first-order chi connectivity index (χ1) is 5.47. The summed E-state index contributed by atoms with van der Waals surface area (Å²) in [5.41, 5.74) is 1.98. The van der Waals surface area contributed by atoms with E-state index in [-0.39, 0.29) is 0 Å². The summed E-state index contributed by atoms with van der Waals surface area (Å²) in [5, 5.41) is 0. The molecule has 0 amide bonds. The highest BCUT2D eigenvalue weighted by Crippen LogP contribution is 2.13. The SMILES string of the molecule is Cc1ccc(N=S(C)(C)=O)cc1. The second kappa shape index (κ2) is 3.27. The Morgan fingerprint density at radius 1 is 1.17 bits per heavy atom.